The molecule has 2 N–H and O–H groups in total. The van der Waals surface area contributed by atoms with Crippen LogP contribution in [0.1, 0.15) is 41.6 Å². The number of halogens is 1. The highest BCUT2D eigenvalue weighted by Crippen LogP contribution is 2.22. The lowest BCUT2D eigenvalue weighted by Gasteiger charge is -2.34. The van der Waals surface area contributed by atoms with Crippen molar-refractivity contribution < 1.29 is 13.9 Å². The van der Waals surface area contributed by atoms with Gasteiger partial charge in [0.1, 0.15) is 17.1 Å². The number of likely N-dealkylation sites (tertiary alicyclic amines) is 1. The molecule has 21 heavy (non-hydrogen) atoms. The average molecular weight is 317 g/mol. The molecule has 0 bridgehead atoms. The summed E-state index contributed by atoms with van der Waals surface area (Å²) in [7, 11) is 1.38. The second-order valence-corrected chi connectivity index (χ2v) is 5.67. The van der Waals surface area contributed by atoms with Gasteiger partial charge in [-0.1, -0.05) is 0 Å². The SMILES string of the molecule is COC(=O)c1cc(CN2CCCC(C(C)N)C2)oc1C.Cl. The van der Waals surface area contributed by atoms with Gasteiger partial charge in [0.15, 0.2) is 0 Å². The molecule has 2 unspecified atom stereocenters. The number of ether oxygens (including phenoxy) is 1. The molecule has 6 heteroatoms. The van der Waals surface area contributed by atoms with Gasteiger partial charge in [-0.25, -0.2) is 4.79 Å². The van der Waals surface area contributed by atoms with Gasteiger partial charge in [-0.05, 0) is 45.2 Å². The first-order valence-corrected chi connectivity index (χ1v) is 7.16. The molecule has 5 nitrogen and oxygen atoms in total. The number of piperidine rings is 1. The molecule has 1 fully saturated rings. The van der Waals surface area contributed by atoms with Crippen LogP contribution in [0.15, 0.2) is 10.5 Å². The van der Waals surface area contributed by atoms with Crippen LogP contribution in [-0.4, -0.2) is 37.1 Å². The number of hydrogen-bond acceptors (Lipinski definition) is 5. The minimum Gasteiger partial charge on any atom is -0.465 e. The number of esters is 1. The Morgan fingerprint density at radius 1 is 1.62 bits per heavy atom. The third-order valence-electron chi connectivity index (χ3n) is 4.04. The molecule has 120 valence electrons. The van der Waals surface area contributed by atoms with Crippen LogP contribution in [0.25, 0.3) is 0 Å². The maximum absolute atomic E-state index is 11.6. The van der Waals surface area contributed by atoms with Crippen LogP contribution in [0.5, 0.6) is 0 Å². The van der Waals surface area contributed by atoms with Gasteiger partial charge in [-0.3, -0.25) is 4.90 Å². The largest absolute Gasteiger partial charge is 0.465 e. The van der Waals surface area contributed by atoms with Crippen LogP contribution in [0.4, 0.5) is 0 Å². The van der Waals surface area contributed by atoms with Gasteiger partial charge in [0, 0.05) is 12.6 Å². The molecule has 2 atom stereocenters. The van der Waals surface area contributed by atoms with Gasteiger partial charge < -0.3 is 14.9 Å². The highest BCUT2D eigenvalue weighted by atomic mass is 35.5. The van der Waals surface area contributed by atoms with Crippen LogP contribution >= 0.6 is 12.4 Å². The van der Waals surface area contributed by atoms with Crippen molar-refractivity contribution in [3.63, 3.8) is 0 Å². The van der Waals surface area contributed by atoms with Gasteiger partial charge in [0.25, 0.3) is 0 Å². The zero-order valence-electron chi connectivity index (χ0n) is 12.9. The number of furan rings is 1. The maximum atomic E-state index is 11.6. The molecule has 2 rings (SSSR count). The average Bonchev–Trinajstić information content (AvgIpc) is 2.79. The maximum Gasteiger partial charge on any atom is 0.341 e. The monoisotopic (exact) mass is 316 g/mol. The number of hydrogen-bond donors (Lipinski definition) is 1. The van der Waals surface area contributed by atoms with Gasteiger partial charge in [0.05, 0.1) is 13.7 Å². The fourth-order valence-corrected chi connectivity index (χ4v) is 2.82. The highest BCUT2D eigenvalue weighted by molar-refractivity contribution is 5.90. The molecule has 2 heterocycles. The minimum atomic E-state index is -0.343. The Kier molecular flexibility index (Phi) is 6.71. The van der Waals surface area contributed by atoms with Crippen LogP contribution in [0.3, 0.4) is 0 Å². The Morgan fingerprint density at radius 3 is 2.95 bits per heavy atom. The summed E-state index contributed by atoms with van der Waals surface area (Å²) in [6, 6.07) is 2.01. The Balaban J connectivity index is 0.00000220. The molecule has 1 aliphatic rings. The van der Waals surface area contributed by atoms with E-state index in [1.165, 1.54) is 13.5 Å². The van der Waals surface area contributed by atoms with Gasteiger partial charge in [-0.2, -0.15) is 0 Å². The summed E-state index contributed by atoms with van der Waals surface area (Å²) in [5.41, 5.74) is 6.51. The van der Waals surface area contributed by atoms with Gasteiger partial charge in [-0.15, -0.1) is 12.4 Å². The fraction of sp³-hybridized carbons (Fsp3) is 0.667. The van der Waals surface area contributed by atoms with Gasteiger partial charge in [0.2, 0.25) is 0 Å². The molecule has 0 spiro atoms. The smallest absolute Gasteiger partial charge is 0.341 e. The van der Waals surface area contributed by atoms with E-state index >= 15 is 0 Å². The number of rotatable bonds is 4. The molecule has 0 radical (unpaired) electrons. The van der Waals surface area contributed by atoms with Crippen molar-refractivity contribution in [2.45, 2.75) is 39.3 Å². The lowest BCUT2D eigenvalue weighted by Crippen LogP contribution is -2.41. The Labute approximate surface area is 132 Å². The lowest BCUT2D eigenvalue weighted by atomic mass is 9.92. The number of aryl methyl sites for hydroxylation is 1. The van der Waals surface area contributed by atoms with Crippen molar-refractivity contribution in [2.75, 3.05) is 20.2 Å². The Hall–Kier alpha value is -1.04. The molecule has 1 saturated heterocycles. The molecule has 1 aromatic rings. The molecule has 0 amide bonds. The number of carbonyl (C=O) groups excluding carboxylic acids is 1. The third kappa shape index (κ3) is 4.46. The third-order valence-corrected chi connectivity index (χ3v) is 4.04. The van der Waals surface area contributed by atoms with E-state index < -0.39 is 0 Å². The second-order valence-electron chi connectivity index (χ2n) is 5.67. The molecule has 0 aromatic carbocycles. The Morgan fingerprint density at radius 2 is 2.33 bits per heavy atom. The van der Waals surface area contributed by atoms with Crippen LogP contribution in [-0.2, 0) is 11.3 Å². The highest BCUT2D eigenvalue weighted by Gasteiger charge is 2.24. The predicted molar refractivity (Wildman–Crippen MR) is 83.7 cm³/mol. The van der Waals surface area contributed by atoms with Gasteiger partial charge >= 0.3 is 5.97 Å². The van der Waals surface area contributed by atoms with Crippen molar-refractivity contribution in [1.82, 2.24) is 4.90 Å². The van der Waals surface area contributed by atoms with E-state index in [9.17, 15) is 4.79 Å². The van der Waals surface area contributed by atoms with Crippen molar-refractivity contribution in [2.24, 2.45) is 11.7 Å². The predicted octanol–water partition coefficient (Wildman–Crippen LogP) is 2.36. The van der Waals surface area contributed by atoms with Crippen LogP contribution < -0.4 is 5.73 Å². The summed E-state index contributed by atoms with van der Waals surface area (Å²) >= 11 is 0. The van der Waals surface area contributed by atoms with E-state index in [-0.39, 0.29) is 24.4 Å². The topological polar surface area (TPSA) is 68.7 Å². The van der Waals surface area contributed by atoms with Crippen molar-refractivity contribution >= 4 is 18.4 Å². The molecular formula is C15H25ClN2O3. The summed E-state index contributed by atoms with van der Waals surface area (Å²) in [4.78, 5) is 13.9. The lowest BCUT2D eigenvalue weighted by molar-refractivity contribution is 0.0599. The standard InChI is InChI=1S/C15H24N2O3.ClH/c1-10(16)12-5-4-6-17(8-12)9-13-7-14(11(2)20-13)15(18)19-3;/h7,10,12H,4-6,8-9,16H2,1-3H3;1H. The number of nitrogens with two attached hydrogens (primary N) is 1. The van der Waals surface area contributed by atoms with Crippen molar-refractivity contribution in [1.29, 1.82) is 0 Å². The van der Waals surface area contributed by atoms with E-state index in [2.05, 4.69) is 11.8 Å². The zero-order valence-corrected chi connectivity index (χ0v) is 13.7. The molecule has 1 aromatic heterocycles. The van der Waals surface area contributed by atoms with Crippen molar-refractivity contribution in [3.8, 4) is 0 Å². The summed E-state index contributed by atoms with van der Waals surface area (Å²) in [5, 5.41) is 0. The van der Waals surface area contributed by atoms with E-state index in [1.807, 2.05) is 0 Å². The first kappa shape index (κ1) is 18.0. The molecular weight excluding hydrogens is 292 g/mol. The van der Waals surface area contributed by atoms with Crippen LogP contribution in [0.2, 0.25) is 0 Å². The zero-order chi connectivity index (χ0) is 14.7. The quantitative estimate of drug-likeness (QED) is 0.864. The second kappa shape index (κ2) is 7.82. The van der Waals surface area contributed by atoms with E-state index in [1.54, 1.807) is 13.0 Å². The fourth-order valence-electron chi connectivity index (χ4n) is 2.82. The molecule has 0 aliphatic carbocycles. The van der Waals surface area contributed by atoms with E-state index in [0.29, 0.717) is 17.2 Å². The summed E-state index contributed by atoms with van der Waals surface area (Å²) < 4.78 is 10.4. The minimum absolute atomic E-state index is 0. The number of carbonyl (C=O) groups is 1. The molecule has 0 saturated carbocycles. The van der Waals surface area contributed by atoms with Crippen LogP contribution in [0, 0.1) is 12.8 Å². The van der Waals surface area contributed by atoms with E-state index in [4.69, 9.17) is 14.9 Å². The summed E-state index contributed by atoms with van der Waals surface area (Å²) in [6.45, 7) is 6.62. The summed E-state index contributed by atoms with van der Waals surface area (Å²) in [6.07, 6.45) is 2.36. The summed E-state index contributed by atoms with van der Waals surface area (Å²) in [5.74, 6) is 1.63. The molecule has 1 aliphatic heterocycles. The van der Waals surface area contributed by atoms with E-state index in [0.717, 1.165) is 31.8 Å². The first-order chi connectivity index (χ1) is 9.51. The first-order valence-electron chi connectivity index (χ1n) is 7.16. The normalized spacial score (nSPS) is 20.7. The number of nitrogens with zero attached hydrogens (tertiary/aromatic N) is 1. The van der Waals surface area contributed by atoms with Crippen molar-refractivity contribution in [3.05, 3.63) is 23.2 Å². The number of methoxy groups -OCH3 is 1. The Bertz CT molecular complexity index is 473.